The number of carbonyl (C=O) groups is 2. The fraction of sp³-hybridized carbons (Fsp3) is 0.391. The van der Waals surface area contributed by atoms with Crippen LogP contribution < -0.4 is 10.2 Å². The Hall–Kier alpha value is -2.60. The van der Waals surface area contributed by atoms with E-state index in [0.717, 1.165) is 47.2 Å². The Labute approximate surface area is 174 Å². The minimum atomic E-state index is -0.991. The minimum absolute atomic E-state index is 0.0648. The molecule has 0 unspecified atom stereocenters. The number of para-hydroxylation sites is 1. The van der Waals surface area contributed by atoms with Gasteiger partial charge in [-0.2, -0.15) is 0 Å². The van der Waals surface area contributed by atoms with Gasteiger partial charge in [-0.1, -0.05) is 31.0 Å². The highest BCUT2D eigenvalue weighted by Crippen LogP contribution is 2.38. The summed E-state index contributed by atoms with van der Waals surface area (Å²) in [7, 11) is 0. The number of fused-ring (bicyclic) bond motifs is 3. The fourth-order valence-corrected chi connectivity index (χ4v) is 5.70. The van der Waals surface area contributed by atoms with Gasteiger partial charge in [0.05, 0.1) is 6.54 Å². The van der Waals surface area contributed by atoms with Gasteiger partial charge in [0.15, 0.2) is 0 Å². The van der Waals surface area contributed by atoms with Crippen molar-refractivity contribution in [2.75, 3.05) is 4.90 Å². The molecule has 6 heteroatoms. The maximum atomic E-state index is 13.7. The van der Waals surface area contributed by atoms with Crippen molar-refractivity contribution in [1.29, 1.82) is 0 Å². The maximum Gasteiger partial charge on any atom is 0.275 e. The SMILES string of the molecule is Cc1ccccc1N1C(=O)c2cc3ccsc3n2C[C@@]1(C)C(=O)NC1CCCC1. The van der Waals surface area contributed by atoms with Crippen LogP contribution in [0.2, 0.25) is 0 Å². The summed E-state index contributed by atoms with van der Waals surface area (Å²) < 4.78 is 2.03. The molecule has 0 bridgehead atoms. The Morgan fingerprint density at radius 1 is 1.21 bits per heavy atom. The van der Waals surface area contributed by atoms with Gasteiger partial charge in [-0.3, -0.25) is 14.5 Å². The number of benzene rings is 1. The van der Waals surface area contributed by atoms with Gasteiger partial charge >= 0.3 is 0 Å². The van der Waals surface area contributed by atoms with Crippen LogP contribution >= 0.6 is 11.3 Å². The first-order valence-electron chi connectivity index (χ1n) is 10.3. The summed E-state index contributed by atoms with van der Waals surface area (Å²) in [6.45, 7) is 4.35. The maximum absolute atomic E-state index is 13.7. The molecular formula is C23H25N3O2S. The smallest absolute Gasteiger partial charge is 0.275 e. The van der Waals surface area contributed by atoms with Crippen molar-refractivity contribution in [2.24, 2.45) is 0 Å². The summed E-state index contributed by atoms with van der Waals surface area (Å²) in [5.74, 6) is -0.178. The molecule has 2 amide bonds. The number of rotatable bonds is 3. The molecular weight excluding hydrogens is 382 g/mol. The number of nitrogens with zero attached hydrogens (tertiary/aromatic N) is 2. The van der Waals surface area contributed by atoms with E-state index in [2.05, 4.69) is 5.32 Å². The lowest BCUT2D eigenvalue weighted by molar-refractivity contribution is -0.127. The topological polar surface area (TPSA) is 54.3 Å². The zero-order valence-electron chi connectivity index (χ0n) is 16.8. The molecule has 0 radical (unpaired) electrons. The molecule has 0 spiro atoms. The highest BCUT2D eigenvalue weighted by molar-refractivity contribution is 7.16. The molecule has 3 aromatic rings. The highest BCUT2D eigenvalue weighted by Gasteiger charge is 2.49. The lowest BCUT2D eigenvalue weighted by Gasteiger charge is -2.44. The van der Waals surface area contributed by atoms with Crippen LogP contribution in [-0.2, 0) is 11.3 Å². The van der Waals surface area contributed by atoms with Gasteiger partial charge in [0.25, 0.3) is 5.91 Å². The number of nitrogens with one attached hydrogen (secondary N) is 1. The number of carbonyl (C=O) groups excluding carboxylic acids is 2. The zero-order chi connectivity index (χ0) is 20.2. The molecule has 1 aromatic carbocycles. The lowest BCUT2D eigenvalue weighted by Crippen LogP contribution is -2.65. The Kier molecular flexibility index (Phi) is 4.28. The predicted molar refractivity (Wildman–Crippen MR) is 117 cm³/mol. The Balaban J connectivity index is 1.64. The van der Waals surface area contributed by atoms with Gasteiger partial charge in [-0.25, -0.2) is 0 Å². The predicted octanol–water partition coefficient (Wildman–Crippen LogP) is 4.49. The van der Waals surface area contributed by atoms with Crippen LogP contribution in [0.1, 0.15) is 48.7 Å². The van der Waals surface area contributed by atoms with E-state index >= 15 is 0 Å². The molecule has 29 heavy (non-hydrogen) atoms. The van der Waals surface area contributed by atoms with Gasteiger partial charge < -0.3 is 9.88 Å². The van der Waals surface area contributed by atoms with E-state index in [1.807, 2.05) is 60.2 Å². The molecule has 150 valence electrons. The summed E-state index contributed by atoms with van der Waals surface area (Å²) in [5.41, 5.74) is 1.45. The Morgan fingerprint density at radius 3 is 2.72 bits per heavy atom. The normalized spacial score (nSPS) is 22.3. The van der Waals surface area contributed by atoms with Crippen LogP contribution in [0.15, 0.2) is 41.8 Å². The molecule has 5 rings (SSSR count). The van der Waals surface area contributed by atoms with Gasteiger partial charge in [0, 0.05) is 17.1 Å². The lowest BCUT2D eigenvalue weighted by atomic mass is 9.92. The van der Waals surface area contributed by atoms with Crippen molar-refractivity contribution < 1.29 is 9.59 Å². The van der Waals surface area contributed by atoms with Crippen molar-refractivity contribution >= 4 is 39.1 Å². The summed E-state index contributed by atoms with van der Waals surface area (Å²) in [6, 6.07) is 12.0. The van der Waals surface area contributed by atoms with E-state index in [-0.39, 0.29) is 17.9 Å². The molecule has 2 aliphatic rings. The van der Waals surface area contributed by atoms with Crippen LogP contribution in [0.25, 0.3) is 10.2 Å². The molecule has 1 saturated carbocycles. The molecule has 2 aromatic heterocycles. The highest BCUT2D eigenvalue weighted by atomic mass is 32.1. The first-order chi connectivity index (χ1) is 14.0. The van der Waals surface area contributed by atoms with E-state index in [9.17, 15) is 9.59 Å². The van der Waals surface area contributed by atoms with Crippen molar-refractivity contribution in [3.8, 4) is 0 Å². The van der Waals surface area contributed by atoms with Crippen LogP contribution in [0.4, 0.5) is 5.69 Å². The fourth-order valence-electron chi connectivity index (χ4n) is 4.80. The standard InChI is InChI=1S/C23H25N3O2S/c1-15-7-3-6-10-18(15)26-20(27)19-13-16-11-12-29-21(16)25(19)14-23(26,2)22(28)24-17-8-4-5-9-17/h3,6-7,10-13,17H,4-5,8-9,14H2,1-2H3,(H,24,28)/t23-/m0/s1. The second kappa shape index (κ2) is 6.73. The Morgan fingerprint density at radius 2 is 1.97 bits per heavy atom. The summed E-state index contributed by atoms with van der Waals surface area (Å²) in [6.07, 6.45) is 4.34. The number of aromatic nitrogens is 1. The monoisotopic (exact) mass is 407 g/mol. The average Bonchev–Trinajstić information content (AvgIpc) is 3.42. The summed E-state index contributed by atoms with van der Waals surface area (Å²) in [4.78, 5) is 30.1. The zero-order valence-corrected chi connectivity index (χ0v) is 17.6. The molecule has 1 N–H and O–H groups in total. The number of anilines is 1. The molecule has 0 saturated heterocycles. The number of hydrogen-bond donors (Lipinski definition) is 1. The second-order valence-corrected chi connectivity index (χ2v) is 9.35. The number of hydrogen-bond acceptors (Lipinski definition) is 3. The van der Waals surface area contributed by atoms with E-state index < -0.39 is 5.54 Å². The van der Waals surface area contributed by atoms with Crippen molar-refractivity contribution in [3.63, 3.8) is 0 Å². The quantitative estimate of drug-likeness (QED) is 0.696. The Bertz CT molecular complexity index is 1110. The van der Waals surface area contributed by atoms with Crippen molar-refractivity contribution in [2.45, 2.75) is 57.7 Å². The minimum Gasteiger partial charge on any atom is -0.351 e. The average molecular weight is 408 g/mol. The van der Waals surface area contributed by atoms with Crippen LogP contribution in [0.5, 0.6) is 0 Å². The molecule has 1 aliphatic heterocycles. The molecule has 1 fully saturated rings. The number of thiophene rings is 1. The van der Waals surface area contributed by atoms with E-state index in [1.165, 1.54) is 0 Å². The van der Waals surface area contributed by atoms with Gasteiger partial charge in [0.1, 0.15) is 16.1 Å². The van der Waals surface area contributed by atoms with Crippen LogP contribution in [0, 0.1) is 6.92 Å². The van der Waals surface area contributed by atoms with E-state index in [4.69, 9.17) is 0 Å². The van der Waals surface area contributed by atoms with Crippen LogP contribution in [0.3, 0.4) is 0 Å². The third kappa shape index (κ3) is 2.81. The molecule has 3 heterocycles. The van der Waals surface area contributed by atoms with Crippen molar-refractivity contribution in [3.05, 3.63) is 53.0 Å². The van der Waals surface area contributed by atoms with Gasteiger partial charge in [-0.15, -0.1) is 11.3 Å². The summed E-state index contributed by atoms with van der Waals surface area (Å²) >= 11 is 1.62. The van der Waals surface area contributed by atoms with Crippen LogP contribution in [-0.4, -0.2) is 28.0 Å². The van der Waals surface area contributed by atoms with Gasteiger partial charge in [-0.05, 0) is 55.8 Å². The number of aryl methyl sites for hydroxylation is 1. The first-order valence-corrected chi connectivity index (χ1v) is 11.1. The van der Waals surface area contributed by atoms with E-state index in [1.54, 1.807) is 16.2 Å². The first kappa shape index (κ1) is 18.4. The van der Waals surface area contributed by atoms with Gasteiger partial charge in [0.2, 0.25) is 5.91 Å². The molecule has 1 aliphatic carbocycles. The second-order valence-electron chi connectivity index (χ2n) is 8.45. The molecule has 5 nitrogen and oxygen atoms in total. The van der Waals surface area contributed by atoms with Crippen molar-refractivity contribution in [1.82, 2.24) is 9.88 Å². The third-order valence-electron chi connectivity index (χ3n) is 6.42. The molecule has 1 atom stereocenters. The van der Waals surface area contributed by atoms with E-state index in [0.29, 0.717) is 12.2 Å². The third-order valence-corrected chi connectivity index (χ3v) is 7.37. The largest absolute Gasteiger partial charge is 0.351 e. The number of amides is 2. The summed E-state index contributed by atoms with van der Waals surface area (Å²) in [5, 5.41) is 6.34.